The molecule has 0 amide bonds. The Morgan fingerprint density at radius 3 is 2.19 bits per heavy atom. The van der Waals surface area contributed by atoms with Gasteiger partial charge in [0.25, 0.3) is 0 Å². The van der Waals surface area contributed by atoms with Crippen LogP contribution in [0.15, 0.2) is 0 Å². The lowest BCUT2D eigenvalue weighted by molar-refractivity contribution is 0.173. The number of hydrogen-bond acceptors (Lipinski definition) is 4. The van der Waals surface area contributed by atoms with Crippen LogP contribution in [0.4, 0.5) is 0 Å². The zero-order chi connectivity index (χ0) is 10.3. The normalized spacial score (nSPS) is 31.4. The van der Waals surface area contributed by atoms with E-state index >= 15 is 0 Å². The van der Waals surface area contributed by atoms with Crippen molar-refractivity contribution in [3.8, 4) is 0 Å². The van der Waals surface area contributed by atoms with E-state index in [0.29, 0.717) is 12.5 Å². The molecule has 0 aromatic heterocycles. The van der Waals surface area contributed by atoms with E-state index in [4.69, 9.17) is 5.14 Å². The van der Waals surface area contributed by atoms with E-state index in [1.54, 1.807) is 0 Å². The van der Waals surface area contributed by atoms with Crippen LogP contribution in [0.5, 0.6) is 0 Å². The first kappa shape index (κ1) is 17.1. The number of sulfonamides is 1. The molecule has 98 valence electrons. The Hall–Kier alpha value is 1.14. The molecule has 2 rings (SSSR count). The number of nitrogens with two attached hydrogens (primary N) is 1. The SMILES string of the molecule is Cl.Cl.NS(=O)(=O)C1CCN(C2CNC2)C1I. The third-order valence-electron chi connectivity index (χ3n) is 2.95. The highest BCUT2D eigenvalue weighted by molar-refractivity contribution is 14.1. The summed E-state index contributed by atoms with van der Waals surface area (Å²) in [4.78, 5) is 2.24. The van der Waals surface area contributed by atoms with Gasteiger partial charge in [0.1, 0.15) is 5.25 Å². The summed E-state index contributed by atoms with van der Waals surface area (Å²) in [6.45, 7) is 2.79. The molecular formula is C7H16Cl2IN3O2S. The molecule has 2 unspecified atom stereocenters. The lowest BCUT2D eigenvalue weighted by atomic mass is 10.1. The number of halogens is 3. The van der Waals surface area contributed by atoms with E-state index in [-0.39, 0.29) is 34.1 Å². The molecule has 0 aliphatic carbocycles. The summed E-state index contributed by atoms with van der Waals surface area (Å²) in [5, 5.41) is 7.98. The number of likely N-dealkylation sites (tertiary alicyclic amines) is 1. The van der Waals surface area contributed by atoms with E-state index in [0.717, 1.165) is 19.6 Å². The first-order chi connectivity index (χ1) is 6.50. The second-order valence-electron chi connectivity index (χ2n) is 3.84. The zero-order valence-corrected chi connectivity index (χ0v) is 13.1. The van der Waals surface area contributed by atoms with Gasteiger partial charge in [0.05, 0.1) is 4.05 Å². The minimum absolute atomic E-state index is 0. The summed E-state index contributed by atoms with van der Waals surface area (Å²) in [6, 6.07) is 0.503. The molecule has 0 saturated carbocycles. The van der Waals surface area contributed by atoms with Crippen LogP contribution in [-0.4, -0.2) is 48.3 Å². The number of rotatable bonds is 2. The van der Waals surface area contributed by atoms with E-state index in [1.807, 2.05) is 0 Å². The van der Waals surface area contributed by atoms with Gasteiger partial charge in [-0.2, -0.15) is 0 Å². The van der Waals surface area contributed by atoms with Crippen LogP contribution in [-0.2, 0) is 10.0 Å². The van der Waals surface area contributed by atoms with Crippen molar-refractivity contribution < 1.29 is 8.42 Å². The highest BCUT2D eigenvalue weighted by Crippen LogP contribution is 2.30. The number of nitrogens with one attached hydrogen (secondary N) is 1. The summed E-state index contributed by atoms with van der Waals surface area (Å²) in [7, 11) is -3.37. The number of primary sulfonamides is 1. The number of hydrogen-bond donors (Lipinski definition) is 2. The topological polar surface area (TPSA) is 75.4 Å². The molecule has 5 nitrogen and oxygen atoms in total. The Balaban J connectivity index is 0.00000112. The van der Waals surface area contributed by atoms with Gasteiger partial charge in [0.2, 0.25) is 10.0 Å². The van der Waals surface area contributed by atoms with Crippen LogP contribution in [0.2, 0.25) is 0 Å². The van der Waals surface area contributed by atoms with Gasteiger partial charge in [0, 0.05) is 25.7 Å². The van der Waals surface area contributed by atoms with Crippen molar-refractivity contribution in [2.45, 2.75) is 21.8 Å². The summed E-state index contributed by atoms with van der Waals surface area (Å²) >= 11 is 2.19. The molecule has 2 saturated heterocycles. The van der Waals surface area contributed by atoms with Crippen LogP contribution in [0, 0.1) is 0 Å². The molecule has 0 spiro atoms. The molecule has 2 aliphatic rings. The predicted octanol–water partition coefficient (Wildman–Crippen LogP) is -0.0743. The fourth-order valence-corrected chi connectivity index (χ4v) is 5.19. The Morgan fingerprint density at radius 2 is 1.88 bits per heavy atom. The molecule has 16 heavy (non-hydrogen) atoms. The molecule has 0 aromatic carbocycles. The molecule has 2 aliphatic heterocycles. The van der Waals surface area contributed by atoms with Gasteiger partial charge in [-0.15, -0.1) is 24.8 Å². The Kier molecular flexibility index (Phi) is 6.80. The molecule has 9 heteroatoms. The van der Waals surface area contributed by atoms with E-state index in [9.17, 15) is 8.42 Å². The van der Waals surface area contributed by atoms with Crippen molar-refractivity contribution in [1.29, 1.82) is 0 Å². The highest BCUT2D eigenvalue weighted by Gasteiger charge is 2.43. The smallest absolute Gasteiger partial charge is 0.214 e. The monoisotopic (exact) mass is 403 g/mol. The summed E-state index contributed by atoms with van der Waals surface area (Å²) < 4.78 is 22.5. The lowest BCUT2D eigenvalue weighted by Gasteiger charge is -2.38. The Morgan fingerprint density at radius 1 is 1.31 bits per heavy atom. The quantitative estimate of drug-likeness (QED) is 0.384. The third kappa shape index (κ3) is 3.33. The molecule has 2 fully saturated rings. The summed E-state index contributed by atoms with van der Waals surface area (Å²) in [5.74, 6) is 0. The van der Waals surface area contributed by atoms with Crippen molar-refractivity contribution in [3.63, 3.8) is 0 Å². The molecular weight excluding hydrogens is 388 g/mol. The second-order valence-corrected chi connectivity index (χ2v) is 6.90. The van der Waals surface area contributed by atoms with Gasteiger partial charge in [-0.1, -0.05) is 22.6 Å². The van der Waals surface area contributed by atoms with Crippen molar-refractivity contribution in [1.82, 2.24) is 10.2 Å². The van der Waals surface area contributed by atoms with Gasteiger partial charge in [-0.05, 0) is 6.42 Å². The average molecular weight is 404 g/mol. The first-order valence-corrected chi connectivity index (χ1v) is 7.48. The zero-order valence-electron chi connectivity index (χ0n) is 8.50. The van der Waals surface area contributed by atoms with Gasteiger partial charge in [-0.25, -0.2) is 13.6 Å². The van der Waals surface area contributed by atoms with Gasteiger partial charge < -0.3 is 5.32 Å². The van der Waals surface area contributed by atoms with Gasteiger partial charge in [-0.3, -0.25) is 4.90 Å². The third-order valence-corrected chi connectivity index (χ3v) is 6.36. The number of alkyl halides is 1. The first-order valence-electron chi connectivity index (χ1n) is 4.62. The van der Waals surface area contributed by atoms with Gasteiger partial charge >= 0.3 is 0 Å². The Labute approximate surface area is 122 Å². The highest BCUT2D eigenvalue weighted by atomic mass is 127. The maximum Gasteiger partial charge on any atom is 0.214 e. The average Bonchev–Trinajstić information content (AvgIpc) is 2.28. The Bertz CT molecular complexity index is 326. The van der Waals surface area contributed by atoms with Crippen LogP contribution in [0.1, 0.15) is 6.42 Å². The van der Waals surface area contributed by atoms with Crippen LogP contribution >= 0.6 is 47.4 Å². The standard InChI is InChI=1S/C7H14IN3O2S.2ClH/c8-7-6(14(9,12)13)1-2-11(7)5-3-10-4-5;;/h5-7,10H,1-4H2,(H2,9,12,13);2*1H. The van der Waals surface area contributed by atoms with E-state index in [1.165, 1.54) is 0 Å². The van der Waals surface area contributed by atoms with Crippen LogP contribution in [0.3, 0.4) is 0 Å². The van der Waals surface area contributed by atoms with E-state index < -0.39 is 10.0 Å². The predicted molar refractivity (Wildman–Crippen MR) is 77.2 cm³/mol. The molecule has 2 atom stereocenters. The fourth-order valence-electron chi connectivity index (χ4n) is 1.96. The van der Waals surface area contributed by atoms with Crippen molar-refractivity contribution in [2.24, 2.45) is 5.14 Å². The fraction of sp³-hybridized carbons (Fsp3) is 1.00. The lowest BCUT2D eigenvalue weighted by Crippen LogP contribution is -2.58. The van der Waals surface area contributed by atoms with Crippen molar-refractivity contribution in [3.05, 3.63) is 0 Å². The summed E-state index contributed by atoms with van der Waals surface area (Å²) in [5.41, 5.74) is 0. The molecule has 3 N–H and O–H groups in total. The largest absolute Gasteiger partial charge is 0.314 e. The van der Waals surface area contributed by atoms with E-state index in [2.05, 4.69) is 32.8 Å². The van der Waals surface area contributed by atoms with Crippen molar-refractivity contribution in [2.75, 3.05) is 19.6 Å². The maximum atomic E-state index is 11.2. The molecule has 0 radical (unpaired) electrons. The maximum absolute atomic E-state index is 11.2. The second kappa shape index (κ2) is 6.35. The summed E-state index contributed by atoms with van der Waals surface area (Å²) in [6.07, 6.45) is 0.670. The van der Waals surface area contributed by atoms with Crippen LogP contribution < -0.4 is 10.5 Å². The van der Waals surface area contributed by atoms with Crippen molar-refractivity contribution >= 4 is 57.4 Å². The molecule has 2 heterocycles. The minimum Gasteiger partial charge on any atom is -0.314 e. The van der Waals surface area contributed by atoms with Gasteiger partial charge in [0.15, 0.2) is 0 Å². The molecule has 0 aromatic rings. The minimum atomic E-state index is -3.37. The number of nitrogens with zero attached hydrogens (tertiary/aromatic N) is 1. The van der Waals surface area contributed by atoms with Crippen LogP contribution in [0.25, 0.3) is 0 Å². The molecule has 0 bridgehead atoms.